The molecule has 0 saturated heterocycles. The van der Waals surface area contributed by atoms with Crippen LogP contribution in [0.25, 0.3) is 0 Å². The molecule has 0 unspecified atom stereocenters. The van der Waals surface area contributed by atoms with Crippen molar-refractivity contribution in [3.05, 3.63) is 0 Å². The largest absolute Gasteiger partial charge is 0.341 e. The van der Waals surface area contributed by atoms with Crippen LogP contribution in [0, 0.1) is 11.8 Å². The highest BCUT2D eigenvalue weighted by Gasteiger charge is 2.18. The zero-order chi connectivity index (χ0) is 15.0. The van der Waals surface area contributed by atoms with Crippen molar-refractivity contribution in [2.75, 3.05) is 18.8 Å². The maximum absolute atomic E-state index is 12.0. The summed E-state index contributed by atoms with van der Waals surface area (Å²) in [5.74, 6) is 0.712. The first-order valence-electron chi connectivity index (χ1n) is 6.70. The third-order valence-electron chi connectivity index (χ3n) is 2.74. The Morgan fingerprint density at radius 3 is 2.00 bits per heavy atom. The first-order valence-corrected chi connectivity index (χ1v) is 7.69. The molecule has 0 aliphatic carbocycles. The lowest BCUT2D eigenvalue weighted by Gasteiger charge is -2.24. The van der Waals surface area contributed by atoms with Crippen molar-refractivity contribution in [1.29, 1.82) is 0 Å². The van der Waals surface area contributed by atoms with E-state index in [4.69, 9.17) is 0 Å². The quantitative estimate of drug-likeness (QED) is 0.688. The minimum absolute atomic E-state index is 0.00240. The summed E-state index contributed by atoms with van der Waals surface area (Å²) in [4.78, 5) is 36.2. The molecule has 1 amide bonds. The van der Waals surface area contributed by atoms with Crippen LogP contribution in [0.2, 0.25) is 0 Å². The molecule has 5 heteroatoms. The summed E-state index contributed by atoms with van der Waals surface area (Å²) in [5.41, 5.74) is 0. The minimum atomic E-state index is -0.0866. The normalized spacial score (nSPS) is 10.9. The molecule has 4 nitrogen and oxygen atoms in total. The van der Waals surface area contributed by atoms with Crippen molar-refractivity contribution in [1.82, 2.24) is 4.90 Å². The van der Waals surface area contributed by atoms with Gasteiger partial charge in [-0.15, -0.1) is 0 Å². The van der Waals surface area contributed by atoms with E-state index in [0.29, 0.717) is 25.3 Å². The molecular weight excluding hydrogens is 262 g/mol. The monoisotopic (exact) mass is 287 g/mol. The highest BCUT2D eigenvalue weighted by Crippen LogP contribution is 2.08. The Bertz CT molecular complexity index is 327. The number of thioether (sulfide) groups is 1. The summed E-state index contributed by atoms with van der Waals surface area (Å²) in [6, 6.07) is 0. The molecule has 0 atom stereocenters. The van der Waals surface area contributed by atoms with Crippen molar-refractivity contribution in [3.63, 3.8) is 0 Å². The third kappa shape index (κ3) is 8.03. The fourth-order valence-corrected chi connectivity index (χ4v) is 2.13. The number of carbonyl (C=O) groups excluding carboxylic acids is 3. The maximum Gasteiger partial charge on any atom is 0.225 e. The molecule has 0 spiro atoms. The predicted molar refractivity (Wildman–Crippen MR) is 79.0 cm³/mol. The van der Waals surface area contributed by atoms with Crippen molar-refractivity contribution in [2.45, 2.75) is 41.0 Å². The molecule has 0 bridgehead atoms. The number of amides is 1. The molecule has 0 N–H and O–H groups in total. The van der Waals surface area contributed by atoms with Crippen LogP contribution in [0.5, 0.6) is 0 Å². The Morgan fingerprint density at radius 2 is 1.58 bits per heavy atom. The van der Waals surface area contributed by atoms with E-state index in [-0.39, 0.29) is 28.6 Å². The van der Waals surface area contributed by atoms with Gasteiger partial charge in [0.25, 0.3) is 0 Å². The summed E-state index contributed by atoms with van der Waals surface area (Å²) in [5, 5.41) is 0.0511. The number of ketones is 1. The average Bonchev–Trinajstić information content (AvgIpc) is 2.31. The van der Waals surface area contributed by atoms with E-state index in [0.717, 1.165) is 0 Å². The fourth-order valence-electron chi connectivity index (χ4n) is 1.53. The Morgan fingerprint density at radius 1 is 1.00 bits per heavy atom. The van der Waals surface area contributed by atoms with Gasteiger partial charge in [-0.2, -0.15) is 0 Å². The van der Waals surface area contributed by atoms with Gasteiger partial charge in [0.15, 0.2) is 5.12 Å². The zero-order valence-electron chi connectivity index (χ0n) is 12.6. The van der Waals surface area contributed by atoms with Crippen LogP contribution < -0.4 is 0 Å². The second-order valence-corrected chi connectivity index (χ2v) is 6.46. The van der Waals surface area contributed by atoms with Gasteiger partial charge >= 0.3 is 0 Å². The number of nitrogens with zero attached hydrogens (tertiary/aromatic N) is 1. The minimum Gasteiger partial charge on any atom is -0.341 e. The summed E-state index contributed by atoms with van der Waals surface area (Å²) in [7, 11) is 0. The fraction of sp³-hybridized carbons (Fsp3) is 0.786. The lowest BCUT2D eigenvalue weighted by atomic mass is 10.1. The maximum atomic E-state index is 12.0. The third-order valence-corrected chi connectivity index (χ3v) is 3.54. The van der Waals surface area contributed by atoms with Crippen molar-refractivity contribution < 1.29 is 14.4 Å². The van der Waals surface area contributed by atoms with Crippen LogP contribution >= 0.6 is 11.8 Å². The summed E-state index contributed by atoms with van der Waals surface area (Å²) in [6.07, 6.45) is 0.390. The SMILES string of the molecule is CC(=O)SCCN(CCC(=O)C(C)C)C(=O)C(C)C. The number of hydrogen-bond donors (Lipinski definition) is 0. The van der Waals surface area contributed by atoms with Crippen LogP contribution in [0.3, 0.4) is 0 Å². The molecule has 0 aromatic heterocycles. The van der Waals surface area contributed by atoms with Crippen LogP contribution in [0.1, 0.15) is 41.0 Å². The lowest BCUT2D eigenvalue weighted by Crippen LogP contribution is -2.38. The molecule has 0 aromatic carbocycles. The Hall–Kier alpha value is -0.840. The average molecular weight is 287 g/mol. The number of carbonyl (C=O) groups is 3. The Kier molecular flexibility index (Phi) is 8.72. The number of Topliss-reactive ketones (excluding diaryl/α,β-unsaturated/α-hetero) is 1. The first kappa shape index (κ1) is 18.2. The molecule has 0 aliphatic heterocycles. The van der Waals surface area contributed by atoms with Gasteiger partial charge in [-0.3, -0.25) is 14.4 Å². The van der Waals surface area contributed by atoms with Gasteiger partial charge in [0, 0.05) is 44.0 Å². The van der Waals surface area contributed by atoms with Gasteiger partial charge in [0.2, 0.25) is 5.91 Å². The molecule has 0 saturated carbocycles. The molecule has 0 radical (unpaired) electrons. The molecule has 0 heterocycles. The van der Waals surface area contributed by atoms with E-state index in [1.165, 1.54) is 18.7 Å². The molecular formula is C14H25NO3S. The Balaban J connectivity index is 4.38. The topological polar surface area (TPSA) is 54.5 Å². The van der Waals surface area contributed by atoms with Crippen molar-refractivity contribution in [2.24, 2.45) is 11.8 Å². The molecule has 0 aromatic rings. The summed E-state index contributed by atoms with van der Waals surface area (Å²) in [6.45, 7) is 9.90. The van der Waals surface area contributed by atoms with E-state index in [1.807, 2.05) is 27.7 Å². The van der Waals surface area contributed by atoms with Crippen LogP contribution in [0.4, 0.5) is 0 Å². The lowest BCUT2D eigenvalue weighted by molar-refractivity contribution is -0.134. The first-order chi connectivity index (χ1) is 8.75. The summed E-state index contributed by atoms with van der Waals surface area (Å²) >= 11 is 1.21. The standard InChI is InChI=1S/C14H25NO3S/c1-10(2)13(17)6-7-15(14(18)11(3)4)8-9-19-12(5)16/h10-11H,6-9H2,1-5H3. The highest BCUT2D eigenvalue weighted by molar-refractivity contribution is 8.13. The van der Waals surface area contributed by atoms with Gasteiger partial charge in [-0.05, 0) is 0 Å². The van der Waals surface area contributed by atoms with Crippen LogP contribution in [0.15, 0.2) is 0 Å². The molecule has 19 heavy (non-hydrogen) atoms. The van der Waals surface area contributed by atoms with E-state index >= 15 is 0 Å². The van der Waals surface area contributed by atoms with Crippen LogP contribution in [-0.2, 0) is 14.4 Å². The summed E-state index contributed by atoms with van der Waals surface area (Å²) < 4.78 is 0. The number of rotatable bonds is 8. The van der Waals surface area contributed by atoms with Gasteiger partial charge in [0.05, 0.1) is 0 Å². The molecule has 0 rings (SSSR count). The van der Waals surface area contributed by atoms with E-state index in [9.17, 15) is 14.4 Å². The second-order valence-electron chi connectivity index (χ2n) is 5.19. The smallest absolute Gasteiger partial charge is 0.225 e. The zero-order valence-corrected chi connectivity index (χ0v) is 13.4. The second kappa shape index (κ2) is 9.13. The molecule has 110 valence electrons. The van der Waals surface area contributed by atoms with Crippen LogP contribution in [-0.4, -0.2) is 40.5 Å². The van der Waals surface area contributed by atoms with E-state index in [2.05, 4.69) is 0 Å². The Labute approximate surface area is 120 Å². The van der Waals surface area contributed by atoms with E-state index in [1.54, 1.807) is 4.90 Å². The van der Waals surface area contributed by atoms with Crippen molar-refractivity contribution >= 4 is 28.6 Å². The molecule has 0 fully saturated rings. The highest BCUT2D eigenvalue weighted by atomic mass is 32.2. The van der Waals surface area contributed by atoms with Gasteiger partial charge < -0.3 is 4.90 Å². The van der Waals surface area contributed by atoms with E-state index < -0.39 is 0 Å². The predicted octanol–water partition coefficient (Wildman–Crippen LogP) is 2.37. The van der Waals surface area contributed by atoms with Gasteiger partial charge in [-0.25, -0.2) is 0 Å². The number of hydrogen-bond acceptors (Lipinski definition) is 4. The van der Waals surface area contributed by atoms with Crippen molar-refractivity contribution in [3.8, 4) is 0 Å². The van der Waals surface area contributed by atoms with Gasteiger partial charge in [0.1, 0.15) is 5.78 Å². The van der Waals surface area contributed by atoms with Gasteiger partial charge in [-0.1, -0.05) is 39.5 Å². The molecule has 0 aliphatic rings.